The van der Waals surface area contributed by atoms with Crippen LogP contribution < -0.4 is 0 Å². The molecule has 5 nitrogen and oxygen atoms in total. The van der Waals surface area contributed by atoms with E-state index in [1.807, 2.05) is 28.0 Å². The summed E-state index contributed by atoms with van der Waals surface area (Å²) in [4.78, 5) is 19.4. The van der Waals surface area contributed by atoms with Crippen LogP contribution in [-0.4, -0.2) is 57.7 Å². The van der Waals surface area contributed by atoms with Crippen molar-refractivity contribution in [3.8, 4) is 11.3 Å². The molecule has 0 saturated carbocycles. The highest BCUT2D eigenvalue weighted by atomic mass is 32.1. The lowest BCUT2D eigenvalue weighted by atomic mass is 9.94. The van der Waals surface area contributed by atoms with Crippen molar-refractivity contribution in [1.29, 1.82) is 0 Å². The first-order valence-electron chi connectivity index (χ1n) is 10.4. The molecule has 2 aromatic heterocycles. The maximum absolute atomic E-state index is 13.3. The number of fused-ring (bicyclic) bond motifs is 3. The lowest BCUT2D eigenvalue weighted by Gasteiger charge is -2.40. The number of piperidine rings is 2. The fraction of sp³-hybridized carbons (Fsp3) is 0.619. The highest BCUT2D eigenvalue weighted by Crippen LogP contribution is 2.38. The number of hydrogen-bond acceptors (Lipinski definition) is 4. The molecular formula is C21H28N4OS. The van der Waals surface area contributed by atoms with E-state index < -0.39 is 0 Å². The van der Waals surface area contributed by atoms with Crippen LogP contribution in [0, 0.1) is 0 Å². The summed E-state index contributed by atoms with van der Waals surface area (Å²) in [5.41, 5.74) is 4.29. The van der Waals surface area contributed by atoms with Crippen LogP contribution >= 0.6 is 11.3 Å². The van der Waals surface area contributed by atoms with E-state index in [0.29, 0.717) is 11.7 Å². The van der Waals surface area contributed by atoms with Gasteiger partial charge in [0.2, 0.25) is 0 Å². The SMILES string of the molecule is Cn1nc(C(=O)N2CCC(N3CCCCC3)CC2)c2c1-c1ccsc1CC2. The Hall–Kier alpha value is -1.66. The van der Waals surface area contributed by atoms with Crippen LogP contribution in [0.5, 0.6) is 0 Å². The van der Waals surface area contributed by atoms with E-state index in [-0.39, 0.29) is 5.91 Å². The largest absolute Gasteiger partial charge is 0.337 e. The minimum atomic E-state index is 0.141. The van der Waals surface area contributed by atoms with E-state index in [2.05, 4.69) is 21.4 Å². The Labute approximate surface area is 165 Å². The van der Waals surface area contributed by atoms with Crippen molar-refractivity contribution in [2.24, 2.45) is 7.05 Å². The number of amides is 1. The monoisotopic (exact) mass is 384 g/mol. The molecule has 5 rings (SSSR count). The zero-order valence-corrected chi connectivity index (χ0v) is 16.9. The summed E-state index contributed by atoms with van der Waals surface area (Å²) >= 11 is 1.82. The highest BCUT2D eigenvalue weighted by Gasteiger charge is 2.33. The van der Waals surface area contributed by atoms with Gasteiger partial charge in [-0.05, 0) is 63.1 Å². The third-order valence-electron chi connectivity index (χ3n) is 6.61. The summed E-state index contributed by atoms with van der Waals surface area (Å²) < 4.78 is 1.92. The van der Waals surface area contributed by atoms with Crippen molar-refractivity contribution in [2.45, 2.75) is 51.0 Å². The number of likely N-dealkylation sites (tertiary alicyclic amines) is 2. The van der Waals surface area contributed by atoms with Crippen molar-refractivity contribution < 1.29 is 4.79 Å². The molecule has 1 aliphatic carbocycles. The molecule has 3 aliphatic rings. The van der Waals surface area contributed by atoms with Crippen LogP contribution in [0.3, 0.4) is 0 Å². The molecule has 0 radical (unpaired) electrons. The van der Waals surface area contributed by atoms with E-state index in [4.69, 9.17) is 0 Å². The second-order valence-electron chi connectivity index (χ2n) is 8.18. The molecule has 2 saturated heterocycles. The molecule has 1 amide bonds. The number of nitrogens with zero attached hydrogens (tertiary/aromatic N) is 4. The Kier molecular flexibility index (Phi) is 4.56. The molecule has 0 spiro atoms. The van der Waals surface area contributed by atoms with Gasteiger partial charge in [-0.15, -0.1) is 11.3 Å². The molecule has 0 aromatic carbocycles. The van der Waals surface area contributed by atoms with Crippen molar-refractivity contribution in [3.05, 3.63) is 27.6 Å². The van der Waals surface area contributed by atoms with Gasteiger partial charge in [0.25, 0.3) is 5.91 Å². The minimum Gasteiger partial charge on any atom is -0.337 e. The fourth-order valence-corrected chi connectivity index (χ4v) is 6.04. The second-order valence-corrected chi connectivity index (χ2v) is 9.18. The van der Waals surface area contributed by atoms with Gasteiger partial charge in [0, 0.05) is 42.2 Å². The van der Waals surface area contributed by atoms with Gasteiger partial charge in [0.15, 0.2) is 5.69 Å². The molecule has 144 valence electrons. The summed E-state index contributed by atoms with van der Waals surface area (Å²) in [6.07, 6.45) is 8.23. The van der Waals surface area contributed by atoms with Crippen molar-refractivity contribution in [2.75, 3.05) is 26.2 Å². The third-order valence-corrected chi connectivity index (χ3v) is 7.59. The summed E-state index contributed by atoms with van der Waals surface area (Å²) in [5.74, 6) is 0.141. The molecule has 4 heterocycles. The molecular weight excluding hydrogens is 356 g/mol. The molecule has 0 bridgehead atoms. The van der Waals surface area contributed by atoms with Gasteiger partial charge in [-0.1, -0.05) is 6.42 Å². The Bertz CT molecular complexity index is 840. The zero-order valence-electron chi connectivity index (χ0n) is 16.1. The third kappa shape index (κ3) is 3.03. The average molecular weight is 385 g/mol. The van der Waals surface area contributed by atoms with E-state index in [1.54, 1.807) is 0 Å². The number of thiophene rings is 1. The smallest absolute Gasteiger partial charge is 0.274 e. The maximum atomic E-state index is 13.3. The number of aryl methyl sites for hydroxylation is 2. The van der Waals surface area contributed by atoms with Gasteiger partial charge < -0.3 is 9.80 Å². The van der Waals surface area contributed by atoms with E-state index in [0.717, 1.165) is 50.0 Å². The molecule has 0 N–H and O–H groups in total. The minimum absolute atomic E-state index is 0.141. The predicted molar refractivity (Wildman–Crippen MR) is 108 cm³/mol. The van der Waals surface area contributed by atoms with Crippen molar-refractivity contribution in [3.63, 3.8) is 0 Å². The van der Waals surface area contributed by atoms with E-state index >= 15 is 0 Å². The van der Waals surface area contributed by atoms with Crippen molar-refractivity contribution >= 4 is 17.2 Å². The van der Waals surface area contributed by atoms with E-state index in [1.165, 1.54) is 42.8 Å². The topological polar surface area (TPSA) is 41.4 Å². The van der Waals surface area contributed by atoms with Crippen LogP contribution in [-0.2, 0) is 19.9 Å². The van der Waals surface area contributed by atoms with Crippen LogP contribution in [0.1, 0.15) is 53.0 Å². The second kappa shape index (κ2) is 7.06. The van der Waals surface area contributed by atoms with Crippen LogP contribution in [0.25, 0.3) is 11.3 Å². The Balaban J connectivity index is 1.32. The normalized spacial score (nSPS) is 21.1. The zero-order chi connectivity index (χ0) is 18.4. The van der Waals surface area contributed by atoms with Gasteiger partial charge in [-0.3, -0.25) is 9.48 Å². The molecule has 27 heavy (non-hydrogen) atoms. The first-order chi connectivity index (χ1) is 13.2. The lowest BCUT2D eigenvalue weighted by Crippen LogP contribution is -2.48. The molecule has 2 aromatic rings. The van der Waals surface area contributed by atoms with E-state index in [9.17, 15) is 4.79 Å². The highest BCUT2D eigenvalue weighted by molar-refractivity contribution is 7.10. The lowest BCUT2D eigenvalue weighted by molar-refractivity contribution is 0.0583. The summed E-state index contributed by atoms with van der Waals surface area (Å²) in [6.45, 7) is 4.23. The maximum Gasteiger partial charge on any atom is 0.274 e. The predicted octanol–water partition coefficient (Wildman–Crippen LogP) is 3.34. The van der Waals surface area contributed by atoms with Crippen LogP contribution in [0.2, 0.25) is 0 Å². The first-order valence-corrected chi connectivity index (χ1v) is 11.3. The van der Waals surface area contributed by atoms with Gasteiger partial charge in [-0.2, -0.15) is 5.10 Å². The molecule has 0 atom stereocenters. The number of carbonyl (C=O) groups excluding carboxylic acids is 1. The number of aromatic nitrogens is 2. The first kappa shape index (κ1) is 17.4. The average Bonchev–Trinajstić information content (AvgIpc) is 3.32. The standard InChI is InChI=1S/C21H28N4OS/c1-23-20-16-9-14-27-18(16)6-5-17(20)19(22-23)21(26)25-12-7-15(8-13-25)24-10-3-2-4-11-24/h9,14-15H,2-8,10-13H2,1H3. The van der Waals surface area contributed by atoms with Crippen LogP contribution in [0.4, 0.5) is 0 Å². The summed E-state index contributed by atoms with van der Waals surface area (Å²) in [7, 11) is 1.98. The number of carbonyl (C=O) groups is 1. The van der Waals surface area contributed by atoms with Gasteiger partial charge >= 0.3 is 0 Å². The Morgan fingerprint density at radius 2 is 1.89 bits per heavy atom. The Morgan fingerprint density at radius 3 is 2.67 bits per heavy atom. The number of hydrogen-bond donors (Lipinski definition) is 0. The van der Waals surface area contributed by atoms with Gasteiger partial charge in [0.05, 0.1) is 5.69 Å². The summed E-state index contributed by atoms with van der Waals surface area (Å²) in [6, 6.07) is 2.85. The summed E-state index contributed by atoms with van der Waals surface area (Å²) in [5, 5.41) is 6.83. The number of rotatable bonds is 2. The quantitative estimate of drug-likeness (QED) is 0.797. The molecule has 2 aliphatic heterocycles. The fourth-order valence-electron chi connectivity index (χ4n) is 5.16. The molecule has 0 unspecified atom stereocenters. The Morgan fingerprint density at radius 1 is 1.11 bits per heavy atom. The molecule has 2 fully saturated rings. The van der Waals surface area contributed by atoms with Crippen LogP contribution in [0.15, 0.2) is 11.4 Å². The van der Waals surface area contributed by atoms with Gasteiger partial charge in [0.1, 0.15) is 0 Å². The molecule has 6 heteroatoms. The van der Waals surface area contributed by atoms with Gasteiger partial charge in [-0.25, -0.2) is 0 Å². The van der Waals surface area contributed by atoms with Crippen molar-refractivity contribution in [1.82, 2.24) is 19.6 Å².